The van der Waals surface area contributed by atoms with Gasteiger partial charge in [-0.1, -0.05) is 39.7 Å². The van der Waals surface area contributed by atoms with Crippen LogP contribution < -0.4 is 9.47 Å². The van der Waals surface area contributed by atoms with Crippen LogP contribution in [0.15, 0.2) is 42.5 Å². The molecule has 0 radical (unpaired) electrons. The second kappa shape index (κ2) is 6.62. The molecule has 2 rings (SSSR count). The van der Waals surface area contributed by atoms with Crippen LogP contribution in [0.1, 0.15) is 18.1 Å². The second-order valence-electron chi connectivity index (χ2n) is 4.25. The summed E-state index contributed by atoms with van der Waals surface area (Å²) in [6, 6.07) is 13.9. The van der Waals surface area contributed by atoms with E-state index in [0.29, 0.717) is 6.61 Å². The van der Waals surface area contributed by atoms with Crippen LogP contribution in [0.25, 0.3) is 0 Å². The Bertz CT molecular complexity index is 552. The third-order valence-corrected chi connectivity index (χ3v) is 3.31. The second-order valence-corrected chi connectivity index (χ2v) is 4.82. The number of alkyl halides is 1. The molecule has 0 aromatic heterocycles. The normalized spacial score (nSPS) is 10.3. The lowest BCUT2D eigenvalue weighted by molar-refractivity contribution is 0.338. The van der Waals surface area contributed by atoms with Gasteiger partial charge in [-0.05, 0) is 32.0 Å². The average molecular weight is 321 g/mol. The molecular formula is C16H17BrO2. The Morgan fingerprint density at radius 1 is 1.05 bits per heavy atom. The molecule has 0 N–H and O–H groups in total. The topological polar surface area (TPSA) is 18.5 Å². The van der Waals surface area contributed by atoms with Crippen molar-refractivity contribution in [2.75, 3.05) is 6.61 Å². The highest BCUT2D eigenvalue weighted by Crippen LogP contribution is 2.29. The van der Waals surface area contributed by atoms with Crippen LogP contribution in [-0.2, 0) is 5.33 Å². The molecule has 0 unspecified atom stereocenters. The van der Waals surface area contributed by atoms with Crippen LogP contribution in [0.3, 0.4) is 0 Å². The number of ether oxygens (including phenoxy) is 2. The van der Waals surface area contributed by atoms with E-state index in [0.717, 1.165) is 28.1 Å². The lowest BCUT2D eigenvalue weighted by Gasteiger charge is -2.11. The highest BCUT2D eigenvalue weighted by Gasteiger charge is 2.05. The summed E-state index contributed by atoms with van der Waals surface area (Å²) in [4.78, 5) is 0. The lowest BCUT2D eigenvalue weighted by atomic mass is 10.1. The van der Waals surface area contributed by atoms with Crippen LogP contribution in [-0.4, -0.2) is 6.61 Å². The molecule has 0 spiro atoms. The summed E-state index contributed by atoms with van der Waals surface area (Å²) >= 11 is 3.49. The molecule has 2 nitrogen and oxygen atoms in total. The van der Waals surface area contributed by atoms with Crippen molar-refractivity contribution in [3.63, 3.8) is 0 Å². The maximum Gasteiger partial charge on any atom is 0.131 e. The summed E-state index contributed by atoms with van der Waals surface area (Å²) in [7, 11) is 0. The van der Waals surface area contributed by atoms with Crippen molar-refractivity contribution in [2.45, 2.75) is 19.2 Å². The van der Waals surface area contributed by atoms with E-state index < -0.39 is 0 Å². The van der Waals surface area contributed by atoms with E-state index in [4.69, 9.17) is 9.47 Å². The molecule has 100 valence electrons. The summed E-state index contributed by atoms with van der Waals surface area (Å²) in [5, 5.41) is 0.773. The van der Waals surface area contributed by atoms with E-state index in [1.807, 2.05) is 43.3 Å². The minimum absolute atomic E-state index is 0.653. The van der Waals surface area contributed by atoms with Gasteiger partial charge in [-0.15, -0.1) is 0 Å². The smallest absolute Gasteiger partial charge is 0.131 e. The van der Waals surface area contributed by atoms with Gasteiger partial charge < -0.3 is 9.47 Å². The highest BCUT2D eigenvalue weighted by atomic mass is 79.9. The zero-order valence-corrected chi connectivity index (χ0v) is 12.7. The molecular weight excluding hydrogens is 304 g/mol. The van der Waals surface area contributed by atoms with Gasteiger partial charge in [0.1, 0.15) is 17.2 Å². The molecule has 19 heavy (non-hydrogen) atoms. The minimum atomic E-state index is 0.653. The largest absolute Gasteiger partial charge is 0.494 e. The summed E-state index contributed by atoms with van der Waals surface area (Å²) in [5.41, 5.74) is 2.37. The fourth-order valence-electron chi connectivity index (χ4n) is 1.83. The first-order valence-corrected chi connectivity index (χ1v) is 7.41. The molecule has 0 saturated carbocycles. The maximum absolute atomic E-state index is 5.93. The van der Waals surface area contributed by atoms with E-state index in [-0.39, 0.29) is 0 Å². The fraction of sp³-hybridized carbons (Fsp3) is 0.250. The number of halogens is 1. The van der Waals surface area contributed by atoms with Crippen molar-refractivity contribution in [2.24, 2.45) is 0 Å². The molecule has 0 atom stereocenters. The number of rotatable bonds is 5. The molecule has 0 aliphatic rings. The molecule has 2 aromatic carbocycles. The first-order chi connectivity index (χ1) is 9.22. The monoisotopic (exact) mass is 320 g/mol. The number of benzene rings is 2. The summed E-state index contributed by atoms with van der Waals surface area (Å²) in [6.07, 6.45) is 0. The van der Waals surface area contributed by atoms with Gasteiger partial charge in [-0.25, -0.2) is 0 Å². The Morgan fingerprint density at radius 2 is 1.84 bits per heavy atom. The minimum Gasteiger partial charge on any atom is -0.494 e. The molecule has 0 aliphatic heterocycles. The summed E-state index contributed by atoms with van der Waals surface area (Å²) in [6.45, 7) is 4.70. The molecule has 2 aromatic rings. The quantitative estimate of drug-likeness (QED) is 0.715. The van der Waals surface area contributed by atoms with Crippen LogP contribution in [0, 0.1) is 6.92 Å². The SMILES string of the molecule is CCOc1cccc(Oc2ccc(C)cc2CBr)c1. The van der Waals surface area contributed by atoms with Gasteiger partial charge in [0.2, 0.25) is 0 Å². The Morgan fingerprint density at radius 3 is 2.58 bits per heavy atom. The van der Waals surface area contributed by atoms with Crippen molar-refractivity contribution in [1.82, 2.24) is 0 Å². The van der Waals surface area contributed by atoms with Gasteiger partial charge in [0, 0.05) is 17.0 Å². The average Bonchev–Trinajstić information content (AvgIpc) is 2.41. The van der Waals surface area contributed by atoms with Gasteiger partial charge in [-0.3, -0.25) is 0 Å². The predicted octanol–water partition coefficient (Wildman–Crippen LogP) is 5.08. The highest BCUT2D eigenvalue weighted by molar-refractivity contribution is 9.08. The van der Waals surface area contributed by atoms with E-state index in [2.05, 4.69) is 28.9 Å². The molecule has 0 amide bonds. The molecule has 0 fully saturated rings. The van der Waals surface area contributed by atoms with Crippen molar-refractivity contribution >= 4 is 15.9 Å². The van der Waals surface area contributed by atoms with Crippen LogP contribution in [0.5, 0.6) is 17.2 Å². The van der Waals surface area contributed by atoms with E-state index in [9.17, 15) is 0 Å². The van der Waals surface area contributed by atoms with Crippen molar-refractivity contribution in [3.05, 3.63) is 53.6 Å². The molecule has 0 heterocycles. The van der Waals surface area contributed by atoms with Crippen LogP contribution >= 0.6 is 15.9 Å². The zero-order valence-electron chi connectivity index (χ0n) is 11.2. The van der Waals surface area contributed by atoms with Gasteiger partial charge >= 0.3 is 0 Å². The van der Waals surface area contributed by atoms with Gasteiger partial charge in [0.05, 0.1) is 6.61 Å². The van der Waals surface area contributed by atoms with Gasteiger partial charge in [-0.2, -0.15) is 0 Å². The summed E-state index contributed by atoms with van der Waals surface area (Å²) in [5.74, 6) is 2.49. The van der Waals surface area contributed by atoms with Crippen molar-refractivity contribution in [1.29, 1.82) is 0 Å². The number of hydrogen-bond donors (Lipinski definition) is 0. The van der Waals surface area contributed by atoms with Gasteiger partial charge in [0.25, 0.3) is 0 Å². The predicted molar refractivity (Wildman–Crippen MR) is 81.5 cm³/mol. The molecule has 0 bridgehead atoms. The first-order valence-electron chi connectivity index (χ1n) is 6.29. The van der Waals surface area contributed by atoms with Crippen molar-refractivity contribution < 1.29 is 9.47 Å². The zero-order chi connectivity index (χ0) is 13.7. The van der Waals surface area contributed by atoms with E-state index in [1.165, 1.54) is 5.56 Å². The van der Waals surface area contributed by atoms with E-state index in [1.54, 1.807) is 0 Å². The summed E-state index contributed by atoms with van der Waals surface area (Å²) < 4.78 is 11.4. The molecule has 0 aliphatic carbocycles. The maximum atomic E-state index is 5.93. The Kier molecular flexibility index (Phi) is 4.86. The van der Waals surface area contributed by atoms with E-state index >= 15 is 0 Å². The third kappa shape index (κ3) is 3.74. The molecule has 3 heteroatoms. The van der Waals surface area contributed by atoms with Gasteiger partial charge in [0.15, 0.2) is 0 Å². The Balaban J connectivity index is 2.23. The Hall–Kier alpha value is -1.48. The third-order valence-electron chi connectivity index (χ3n) is 2.70. The van der Waals surface area contributed by atoms with Crippen LogP contribution in [0.4, 0.5) is 0 Å². The number of aryl methyl sites for hydroxylation is 1. The standard InChI is InChI=1S/C16H17BrO2/c1-3-18-14-5-4-6-15(10-14)19-16-8-7-12(2)9-13(16)11-17/h4-10H,3,11H2,1-2H3. The first kappa shape index (κ1) is 13.9. The Labute approximate surface area is 122 Å². The lowest BCUT2D eigenvalue weighted by Crippen LogP contribution is -1.93. The molecule has 0 saturated heterocycles. The van der Waals surface area contributed by atoms with Crippen LogP contribution in [0.2, 0.25) is 0 Å². The fourth-order valence-corrected chi connectivity index (χ4v) is 2.27. The number of hydrogen-bond acceptors (Lipinski definition) is 2. The van der Waals surface area contributed by atoms with Crippen molar-refractivity contribution in [3.8, 4) is 17.2 Å².